The van der Waals surface area contributed by atoms with Crippen molar-refractivity contribution in [3.8, 4) is 0 Å². The van der Waals surface area contributed by atoms with Gasteiger partial charge in [-0.3, -0.25) is 4.79 Å². The maximum absolute atomic E-state index is 12.2. The van der Waals surface area contributed by atoms with Crippen LogP contribution in [0.25, 0.3) is 10.8 Å². The molecule has 1 N–H and O–H groups in total. The van der Waals surface area contributed by atoms with Gasteiger partial charge in [0.05, 0.1) is 5.02 Å². The highest BCUT2D eigenvalue weighted by Gasteiger charge is 2.07. The smallest absolute Gasteiger partial charge is 0.256 e. The van der Waals surface area contributed by atoms with Crippen LogP contribution in [0.1, 0.15) is 10.4 Å². The van der Waals surface area contributed by atoms with Gasteiger partial charge in [-0.2, -0.15) is 0 Å². The molecule has 98 valence electrons. The Kier molecular flexibility index (Phi) is 3.35. The van der Waals surface area contributed by atoms with Crippen LogP contribution in [0.2, 0.25) is 5.02 Å². The van der Waals surface area contributed by atoms with Crippen LogP contribution in [-0.2, 0) is 0 Å². The summed E-state index contributed by atoms with van der Waals surface area (Å²) in [7, 11) is 0. The summed E-state index contributed by atoms with van der Waals surface area (Å²) in [5, 5.41) is 5.41. The highest BCUT2D eigenvalue weighted by Crippen LogP contribution is 2.17. The number of carbonyl (C=O) groups is 1. The number of hydrogen-bond donors (Lipinski definition) is 1. The second kappa shape index (κ2) is 5.31. The van der Waals surface area contributed by atoms with Crippen LogP contribution in [0.15, 0.2) is 60.8 Å². The summed E-state index contributed by atoms with van der Waals surface area (Å²) in [6.07, 6.45) is 1.50. The van der Waals surface area contributed by atoms with Crippen LogP contribution in [0.4, 0.5) is 5.82 Å². The molecule has 20 heavy (non-hydrogen) atoms. The van der Waals surface area contributed by atoms with E-state index >= 15 is 0 Å². The van der Waals surface area contributed by atoms with Gasteiger partial charge in [-0.25, -0.2) is 4.98 Å². The van der Waals surface area contributed by atoms with E-state index in [0.29, 0.717) is 16.4 Å². The van der Waals surface area contributed by atoms with Gasteiger partial charge >= 0.3 is 0 Å². The lowest BCUT2D eigenvalue weighted by Crippen LogP contribution is -2.12. The van der Waals surface area contributed by atoms with Crippen LogP contribution >= 0.6 is 11.6 Å². The predicted molar refractivity (Wildman–Crippen MR) is 81.1 cm³/mol. The molecule has 3 rings (SSSR count). The Morgan fingerprint density at radius 2 is 1.80 bits per heavy atom. The fourth-order valence-electron chi connectivity index (χ4n) is 1.97. The molecular weight excluding hydrogens is 272 g/mol. The summed E-state index contributed by atoms with van der Waals surface area (Å²) >= 11 is 5.76. The lowest BCUT2D eigenvalue weighted by Gasteiger charge is -2.05. The highest BCUT2D eigenvalue weighted by atomic mass is 35.5. The summed E-state index contributed by atoms with van der Waals surface area (Å²) in [6, 6.07) is 16.9. The van der Waals surface area contributed by atoms with Gasteiger partial charge in [-0.15, -0.1) is 0 Å². The molecule has 0 spiro atoms. The minimum absolute atomic E-state index is 0.189. The monoisotopic (exact) mass is 282 g/mol. The van der Waals surface area contributed by atoms with Crippen LogP contribution in [0.3, 0.4) is 0 Å². The number of fused-ring (bicyclic) bond motifs is 1. The zero-order chi connectivity index (χ0) is 13.9. The Morgan fingerprint density at radius 1 is 1.00 bits per heavy atom. The van der Waals surface area contributed by atoms with Crippen LogP contribution in [0.5, 0.6) is 0 Å². The predicted octanol–water partition coefficient (Wildman–Crippen LogP) is 4.14. The van der Waals surface area contributed by atoms with Gasteiger partial charge in [0.2, 0.25) is 0 Å². The molecule has 0 saturated heterocycles. The van der Waals surface area contributed by atoms with Gasteiger partial charge in [-0.1, -0.05) is 41.9 Å². The first-order valence-electron chi connectivity index (χ1n) is 6.14. The van der Waals surface area contributed by atoms with Crippen molar-refractivity contribution in [2.45, 2.75) is 0 Å². The standard InChI is InChI=1S/C16H11ClN2O/c17-14-7-8-15(18-10-14)19-16(20)13-6-5-11-3-1-2-4-12(11)9-13/h1-10H,(H,18,19,20). The Morgan fingerprint density at radius 3 is 2.55 bits per heavy atom. The number of amides is 1. The molecule has 0 fully saturated rings. The molecule has 0 bridgehead atoms. The molecule has 3 nitrogen and oxygen atoms in total. The lowest BCUT2D eigenvalue weighted by atomic mass is 10.1. The van der Waals surface area contributed by atoms with Gasteiger partial charge in [0.15, 0.2) is 0 Å². The number of carbonyl (C=O) groups excluding carboxylic acids is 1. The largest absolute Gasteiger partial charge is 0.307 e. The fourth-order valence-corrected chi connectivity index (χ4v) is 2.08. The van der Waals surface area contributed by atoms with E-state index in [1.54, 1.807) is 18.2 Å². The number of hydrogen-bond acceptors (Lipinski definition) is 2. The zero-order valence-electron chi connectivity index (χ0n) is 10.5. The summed E-state index contributed by atoms with van der Waals surface area (Å²) in [4.78, 5) is 16.2. The molecule has 4 heteroatoms. The van der Waals surface area contributed by atoms with Gasteiger partial charge in [0, 0.05) is 11.8 Å². The summed E-state index contributed by atoms with van der Waals surface area (Å²) in [6.45, 7) is 0. The maximum atomic E-state index is 12.2. The first kappa shape index (κ1) is 12.6. The van der Waals surface area contributed by atoms with Crippen LogP contribution in [0, 0.1) is 0 Å². The van der Waals surface area contributed by atoms with Crippen molar-refractivity contribution in [3.05, 3.63) is 71.4 Å². The quantitative estimate of drug-likeness (QED) is 0.767. The molecule has 3 aromatic rings. The molecule has 2 aromatic carbocycles. The molecule has 1 aromatic heterocycles. The lowest BCUT2D eigenvalue weighted by molar-refractivity contribution is 0.102. The van der Waals surface area contributed by atoms with E-state index < -0.39 is 0 Å². The third-order valence-electron chi connectivity index (χ3n) is 2.98. The number of aromatic nitrogens is 1. The van der Waals surface area contributed by atoms with Crippen molar-refractivity contribution in [3.63, 3.8) is 0 Å². The molecule has 1 amide bonds. The van der Waals surface area contributed by atoms with E-state index in [0.717, 1.165) is 10.8 Å². The van der Waals surface area contributed by atoms with E-state index in [4.69, 9.17) is 11.6 Å². The normalized spacial score (nSPS) is 10.4. The zero-order valence-corrected chi connectivity index (χ0v) is 11.3. The molecular formula is C16H11ClN2O. The molecule has 0 aliphatic carbocycles. The topological polar surface area (TPSA) is 42.0 Å². The number of nitrogens with one attached hydrogen (secondary N) is 1. The van der Waals surface area contributed by atoms with Crippen molar-refractivity contribution in [2.24, 2.45) is 0 Å². The average molecular weight is 283 g/mol. The Bertz CT molecular complexity index is 769. The number of nitrogens with zero attached hydrogens (tertiary/aromatic N) is 1. The Hall–Kier alpha value is -2.39. The van der Waals surface area contributed by atoms with E-state index in [2.05, 4.69) is 10.3 Å². The Labute approximate surface area is 121 Å². The van der Waals surface area contributed by atoms with Crippen molar-refractivity contribution < 1.29 is 4.79 Å². The van der Waals surface area contributed by atoms with Crippen LogP contribution < -0.4 is 5.32 Å². The molecule has 0 radical (unpaired) electrons. The van der Waals surface area contributed by atoms with Gasteiger partial charge in [-0.05, 0) is 35.0 Å². The number of rotatable bonds is 2. The van der Waals surface area contributed by atoms with Crippen molar-refractivity contribution in [1.82, 2.24) is 4.98 Å². The minimum Gasteiger partial charge on any atom is -0.307 e. The van der Waals surface area contributed by atoms with Crippen molar-refractivity contribution in [2.75, 3.05) is 5.32 Å². The van der Waals surface area contributed by atoms with E-state index in [1.807, 2.05) is 36.4 Å². The van der Waals surface area contributed by atoms with Gasteiger partial charge < -0.3 is 5.32 Å². The number of halogens is 1. The third kappa shape index (κ3) is 2.63. The molecule has 0 aliphatic rings. The van der Waals surface area contributed by atoms with Crippen molar-refractivity contribution in [1.29, 1.82) is 0 Å². The number of anilines is 1. The highest BCUT2D eigenvalue weighted by molar-refractivity contribution is 6.30. The van der Waals surface area contributed by atoms with E-state index in [-0.39, 0.29) is 5.91 Å². The molecule has 0 saturated carbocycles. The molecule has 0 unspecified atom stereocenters. The third-order valence-corrected chi connectivity index (χ3v) is 3.20. The SMILES string of the molecule is O=C(Nc1ccc(Cl)cn1)c1ccc2ccccc2c1. The summed E-state index contributed by atoms with van der Waals surface area (Å²) in [5.41, 5.74) is 0.598. The fraction of sp³-hybridized carbons (Fsp3) is 0. The van der Waals surface area contributed by atoms with Gasteiger partial charge in [0.1, 0.15) is 5.82 Å². The second-order valence-electron chi connectivity index (χ2n) is 4.38. The first-order valence-corrected chi connectivity index (χ1v) is 6.52. The van der Waals surface area contributed by atoms with E-state index in [9.17, 15) is 4.79 Å². The molecule has 0 aliphatic heterocycles. The number of benzene rings is 2. The van der Waals surface area contributed by atoms with E-state index in [1.165, 1.54) is 6.20 Å². The number of pyridine rings is 1. The van der Waals surface area contributed by atoms with Crippen molar-refractivity contribution >= 4 is 34.1 Å². The average Bonchev–Trinajstić information content (AvgIpc) is 2.49. The Balaban J connectivity index is 1.86. The van der Waals surface area contributed by atoms with Gasteiger partial charge in [0.25, 0.3) is 5.91 Å². The maximum Gasteiger partial charge on any atom is 0.256 e. The molecule has 1 heterocycles. The first-order chi connectivity index (χ1) is 9.72. The summed E-state index contributed by atoms with van der Waals surface area (Å²) < 4.78 is 0. The summed E-state index contributed by atoms with van der Waals surface area (Å²) in [5.74, 6) is 0.290. The van der Waals surface area contributed by atoms with Crippen LogP contribution in [-0.4, -0.2) is 10.9 Å². The minimum atomic E-state index is -0.189. The second-order valence-corrected chi connectivity index (χ2v) is 4.81. The molecule has 0 atom stereocenters.